The van der Waals surface area contributed by atoms with Crippen LogP contribution in [-0.2, 0) is 14.8 Å². The number of rotatable bonds is 5. The van der Waals surface area contributed by atoms with Crippen LogP contribution < -0.4 is 4.72 Å². The van der Waals surface area contributed by atoms with Crippen molar-refractivity contribution in [2.75, 3.05) is 0 Å². The number of hydrogen-bond acceptors (Lipinski definition) is 3. The molecule has 1 aromatic rings. The van der Waals surface area contributed by atoms with Crippen LogP contribution in [-0.4, -0.2) is 25.5 Å². The molecule has 0 aliphatic carbocycles. The quantitative estimate of drug-likeness (QED) is 0.865. The summed E-state index contributed by atoms with van der Waals surface area (Å²) < 4.78 is 26.1. The minimum absolute atomic E-state index is 0.0538. The van der Waals surface area contributed by atoms with Crippen molar-refractivity contribution >= 4 is 27.6 Å². The van der Waals surface area contributed by atoms with Gasteiger partial charge in [0.05, 0.1) is 4.90 Å². The molecule has 0 aromatic heterocycles. The van der Waals surface area contributed by atoms with Gasteiger partial charge in [0, 0.05) is 5.02 Å². The molecule has 0 saturated heterocycles. The predicted molar refractivity (Wildman–Crippen MR) is 68.0 cm³/mol. The molecule has 0 bridgehead atoms. The molecule has 100 valence electrons. The van der Waals surface area contributed by atoms with Crippen molar-refractivity contribution in [1.29, 1.82) is 0 Å². The third-order valence-corrected chi connectivity index (χ3v) is 4.00. The topological polar surface area (TPSA) is 83.5 Å². The number of carbonyl (C=O) groups is 1. The Morgan fingerprint density at radius 3 is 2.44 bits per heavy atom. The molecule has 0 saturated carbocycles. The Kier molecular flexibility index (Phi) is 4.72. The van der Waals surface area contributed by atoms with Gasteiger partial charge in [0.15, 0.2) is 0 Å². The molecule has 1 atom stereocenters. The van der Waals surface area contributed by atoms with E-state index in [1.807, 2.05) is 0 Å². The maximum Gasteiger partial charge on any atom is 0.322 e. The highest BCUT2D eigenvalue weighted by Crippen LogP contribution is 2.16. The molecule has 5 nitrogen and oxygen atoms in total. The van der Waals surface area contributed by atoms with Crippen LogP contribution in [0.25, 0.3) is 0 Å². The number of carboxylic acid groups (broad SMARTS) is 1. The van der Waals surface area contributed by atoms with E-state index < -0.39 is 22.0 Å². The maximum absolute atomic E-state index is 12.0. The molecule has 0 aliphatic heterocycles. The zero-order valence-corrected chi connectivity index (χ0v) is 11.5. The highest BCUT2D eigenvalue weighted by atomic mass is 35.5. The molecule has 0 unspecified atom stereocenters. The number of hydrogen-bond donors (Lipinski definition) is 2. The minimum Gasteiger partial charge on any atom is -0.480 e. The highest BCUT2D eigenvalue weighted by molar-refractivity contribution is 7.89. The maximum atomic E-state index is 12.0. The molecule has 2 N–H and O–H groups in total. The Morgan fingerprint density at radius 1 is 1.39 bits per heavy atom. The molecule has 0 amide bonds. The van der Waals surface area contributed by atoms with Crippen molar-refractivity contribution in [2.45, 2.75) is 24.8 Å². The van der Waals surface area contributed by atoms with Gasteiger partial charge >= 0.3 is 5.97 Å². The Hall–Kier alpha value is -1.11. The summed E-state index contributed by atoms with van der Waals surface area (Å²) >= 11 is 5.70. The van der Waals surface area contributed by atoms with E-state index >= 15 is 0 Å². The second kappa shape index (κ2) is 5.69. The van der Waals surface area contributed by atoms with E-state index in [9.17, 15) is 13.2 Å². The fourth-order valence-corrected chi connectivity index (χ4v) is 2.98. The number of nitrogens with one attached hydrogen (secondary N) is 1. The molecule has 0 fully saturated rings. The molecule has 0 heterocycles. The summed E-state index contributed by atoms with van der Waals surface area (Å²) in [6.07, 6.45) is 0. The SMILES string of the molecule is CC(C)[C@@H](NS(=O)(=O)c1cccc(Cl)c1)C(=O)O. The number of carboxylic acids is 1. The van der Waals surface area contributed by atoms with E-state index in [2.05, 4.69) is 4.72 Å². The molecular weight excluding hydrogens is 278 g/mol. The Labute approximate surface area is 111 Å². The van der Waals surface area contributed by atoms with Crippen molar-refractivity contribution in [3.05, 3.63) is 29.3 Å². The third-order valence-electron chi connectivity index (χ3n) is 2.32. The first kappa shape index (κ1) is 14.9. The molecule has 1 rings (SSSR count). The zero-order chi connectivity index (χ0) is 13.9. The smallest absolute Gasteiger partial charge is 0.322 e. The van der Waals surface area contributed by atoms with E-state index in [0.717, 1.165) is 0 Å². The summed E-state index contributed by atoms with van der Waals surface area (Å²) in [5.41, 5.74) is 0. The fourth-order valence-electron chi connectivity index (χ4n) is 1.34. The monoisotopic (exact) mass is 291 g/mol. The molecule has 18 heavy (non-hydrogen) atoms. The lowest BCUT2D eigenvalue weighted by Crippen LogP contribution is -2.44. The highest BCUT2D eigenvalue weighted by Gasteiger charge is 2.27. The van der Waals surface area contributed by atoms with Crippen molar-refractivity contribution in [2.24, 2.45) is 5.92 Å². The average Bonchev–Trinajstić information content (AvgIpc) is 2.25. The van der Waals surface area contributed by atoms with Gasteiger partial charge in [0.1, 0.15) is 6.04 Å². The van der Waals surface area contributed by atoms with Crippen LogP contribution in [0, 0.1) is 5.92 Å². The molecule has 7 heteroatoms. The predicted octanol–water partition coefficient (Wildman–Crippen LogP) is 1.73. The third kappa shape index (κ3) is 3.69. The summed E-state index contributed by atoms with van der Waals surface area (Å²) in [4.78, 5) is 10.9. The van der Waals surface area contributed by atoms with Gasteiger partial charge in [-0.05, 0) is 24.1 Å². The largest absolute Gasteiger partial charge is 0.480 e. The van der Waals surface area contributed by atoms with Crippen molar-refractivity contribution in [3.63, 3.8) is 0 Å². The minimum atomic E-state index is -3.89. The molecule has 1 aromatic carbocycles. The molecular formula is C11H14ClNO4S. The van der Waals surface area contributed by atoms with Gasteiger partial charge < -0.3 is 5.11 Å². The van der Waals surface area contributed by atoms with Gasteiger partial charge in [-0.15, -0.1) is 0 Å². The summed E-state index contributed by atoms with van der Waals surface area (Å²) in [6, 6.07) is 4.48. The van der Waals surface area contributed by atoms with Gasteiger partial charge in [-0.3, -0.25) is 4.79 Å². The normalized spacial score (nSPS) is 13.6. The first-order valence-corrected chi connectivity index (χ1v) is 7.11. The van der Waals surface area contributed by atoms with Crippen LogP contribution in [0.2, 0.25) is 5.02 Å². The Morgan fingerprint density at radius 2 is 2.00 bits per heavy atom. The molecule has 0 radical (unpaired) electrons. The van der Waals surface area contributed by atoms with Gasteiger partial charge in [-0.2, -0.15) is 4.72 Å². The van der Waals surface area contributed by atoms with Crippen LogP contribution in [0.5, 0.6) is 0 Å². The lowest BCUT2D eigenvalue weighted by atomic mass is 10.1. The van der Waals surface area contributed by atoms with Crippen LogP contribution in [0.15, 0.2) is 29.2 Å². The first-order valence-electron chi connectivity index (χ1n) is 5.25. The fraction of sp³-hybridized carbons (Fsp3) is 0.364. The molecule has 0 aliphatic rings. The van der Waals surface area contributed by atoms with Crippen molar-refractivity contribution in [1.82, 2.24) is 4.72 Å². The zero-order valence-electron chi connectivity index (χ0n) is 9.92. The Balaban J connectivity index is 3.05. The van der Waals surface area contributed by atoms with E-state index in [0.29, 0.717) is 0 Å². The number of aliphatic carboxylic acids is 1. The van der Waals surface area contributed by atoms with Gasteiger partial charge in [-0.1, -0.05) is 31.5 Å². The second-order valence-electron chi connectivity index (χ2n) is 4.14. The van der Waals surface area contributed by atoms with E-state index in [1.54, 1.807) is 13.8 Å². The molecule has 0 spiro atoms. The number of benzene rings is 1. The standard InChI is InChI=1S/C11H14ClNO4S/c1-7(2)10(11(14)15)13-18(16,17)9-5-3-4-8(12)6-9/h3-7,10,13H,1-2H3,(H,14,15)/t10-/m1/s1. The lowest BCUT2D eigenvalue weighted by Gasteiger charge is -2.17. The van der Waals surface area contributed by atoms with Gasteiger partial charge in [-0.25, -0.2) is 8.42 Å². The lowest BCUT2D eigenvalue weighted by molar-refractivity contribution is -0.140. The number of sulfonamides is 1. The van der Waals surface area contributed by atoms with E-state index in [1.165, 1.54) is 24.3 Å². The summed E-state index contributed by atoms with van der Waals surface area (Å²) in [7, 11) is -3.89. The summed E-state index contributed by atoms with van der Waals surface area (Å²) in [5, 5.41) is 9.23. The number of halogens is 1. The van der Waals surface area contributed by atoms with E-state index in [4.69, 9.17) is 16.7 Å². The van der Waals surface area contributed by atoms with Gasteiger partial charge in [0.2, 0.25) is 10.0 Å². The van der Waals surface area contributed by atoms with Crippen LogP contribution in [0.1, 0.15) is 13.8 Å². The van der Waals surface area contributed by atoms with E-state index in [-0.39, 0.29) is 15.8 Å². The van der Waals surface area contributed by atoms with Crippen LogP contribution in [0.3, 0.4) is 0 Å². The average molecular weight is 292 g/mol. The first-order chi connectivity index (χ1) is 8.24. The van der Waals surface area contributed by atoms with Crippen LogP contribution >= 0.6 is 11.6 Å². The van der Waals surface area contributed by atoms with Crippen molar-refractivity contribution in [3.8, 4) is 0 Å². The van der Waals surface area contributed by atoms with Crippen LogP contribution in [0.4, 0.5) is 0 Å². The summed E-state index contributed by atoms with van der Waals surface area (Å²) in [5.74, 6) is -1.58. The van der Waals surface area contributed by atoms with Gasteiger partial charge in [0.25, 0.3) is 0 Å². The van der Waals surface area contributed by atoms with Crippen molar-refractivity contribution < 1.29 is 18.3 Å². The summed E-state index contributed by atoms with van der Waals surface area (Å²) in [6.45, 7) is 3.25. The Bertz CT molecular complexity index is 542. The second-order valence-corrected chi connectivity index (χ2v) is 6.29.